The summed E-state index contributed by atoms with van der Waals surface area (Å²) in [6, 6.07) is -0.0494. The summed E-state index contributed by atoms with van der Waals surface area (Å²) in [5.74, 6) is 0.547. The van der Waals surface area contributed by atoms with Crippen molar-refractivity contribution in [3.63, 3.8) is 0 Å². The van der Waals surface area contributed by atoms with E-state index in [1.54, 1.807) is 20.9 Å². The number of hydrogen-bond donors (Lipinski definition) is 1. The maximum absolute atomic E-state index is 11.6. The number of nitrogens with zero attached hydrogens (tertiary/aromatic N) is 2. The number of sulfone groups is 1. The summed E-state index contributed by atoms with van der Waals surface area (Å²) in [4.78, 5) is 0. The lowest BCUT2D eigenvalue weighted by atomic mass is 10.2. The average Bonchev–Trinajstić information content (AvgIpc) is 2.67. The topological polar surface area (TPSA) is 85.1 Å². The largest absolute Gasteiger partial charge is 0.422 e. The summed E-state index contributed by atoms with van der Waals surface area (Å²) in [7, 11) is -1.51. The minimum absolute atomic E-state index is 0.0494. The molecular weight excluding hydrogens is 242 g/mol. The average molecular weight is 261 g/mol. The Morgan fingerprint density at radius 1 is 1.41 bits per heavy atom. The molecule has 0 fully saturated rings. The molecule has 1 unspecified atom stereocenters. The van der Waals surface area contributed by atoms with Crippen molar-refractivity contribution in [2.75, 3.05) is 13.3 Å². The van der Waals surface area contributed by atoms with Crippen molar-refractivity contribution in [1.82, 2.24) is 15.5 Å². The molecule has 98 valence electrons. The van der Waals surface area contributed by atoms with Crippen LogP contribution in [0.25, 0.3) is 0 Å². The minimum atomic E-state index is -3.30. The molecule has 6 nitrogen and oxygen atoms in total. The second kappa shape index (κ2) is 4.73. The Morgan fingerprint density at radius 3 is 2.41 bits per heavy atom. The van der Waals surface area contributed by atoms with Crippen LogP contribution in [0.3, 0.4) is 0 Å². The van der Waals surface area contributed by atoms with E-state index in [1.807, 2.05) is 6.92 Å². The van der Waals surface area contributed by atoms with E-state index in [9.17, 15) is 8.42 Å². The van der Waals surface area contributed by atoms with Crippen molar-refractivity contribution in [2.24, 2.45) is 0 Å². The molecule has 0 aliphatic rings. The Morgan fingerprint density at radius 2 is 2.00 bits per heavy atom. The molecule has 0 aromatic carbocycles. The third-order valence-corrected chi connectivity index (χ3v) is 4.97. The van der Waals surface area contributed by atoms with Gasteiger partial charge in [-0.2, -0.15) is 0 Å². The van der Waals surface area contributed by atoms with Crippen molar-refractivity contribution in [1.29, 1.82) is 0 Å². The van der Waals surface area contributed by atoms with Gasteiger partial charge in [-0.15, -0.1) is 10.2 Å². The summed E-state index contributed by atoms with van der Waals surface area (Å²) in [5.41, 5.74) is 0. The molecule has 1 heterocycles. The highest BCUT2D eigenvalue weighted by Gasteiger charge is 2.38. The molecule has 1 N–H and O–H groups in total. The molecule has 1 rings (SSSR count). The quantitative estimate of drug-likeness (QED) is 0.851. The lowest BCUT2D eigenvalue weighted by molar-refractivity contribution is 0.363. The monoisotopic (exact) mass is 261 g/mol. The van der Waals surface area contributed by atoms with Gasteiger partial charge in [0, 0.05) is 6.26 Å². The van der Waals surface area contributed by atoms with Crippen molar-refractivity contribution in [3.05, 3.63) is 11.8 Å². The summed E-state index contributed by atoms with van der Waals surface area (Å²) in [6.45, 7) is 5.09. The lowest BCUT2D eigenvalue weighted by Crippen LogP contribution is -2.28. The molecule has 0 amide bonds. The summed E-state index contributed by atoms with van der Waals surface area (Å²) < 4.78 is 27.5. The first kappa shape index (κ1) is 14.1. The van der Waals surface area contributed by atoms with Gasteiger partial charge in [-0.1, -0.05) is 6.92 Å². The van der Waals surface area contributed by atoms with Gasteiger partial charge in [0.25, 0.3) is 0 Å². The highest BCUT2D eigenvalue weighted by Crippen LogP contribution is 2.29. The van der Waals surface area contributed by atoms with E-state index in [2.05, 4.69) is 15.5 Å². The van der Waals surface area contributed by atoms with Gasteiger partial charge < -0.3 is 9.73 Å². The maximum Gasteiger partial charge on any atom is 0.237 e. The Balaban J connectivity index is 3.11. The zero-order valence-electron chi connectivity index (χ0n) is 10.8. The summed E-state index contributed by atoms with van der Waals surface area (Å²) in [5, 5.41) is 10.8. The Hall–Kier alpha value is -0.950. The van der Waals surface area contributed by atoms with E-state index < -0.39 is 14.6 Å². The maximum atomic E-state index is 11.6. The summed E-state index contributed by atoms with van der Waals surface area (Å²) >= 11 is 0. The number of nitrogens with one attached hydrogen (secondary N) is 1. The molecule has 1 aromatic rings. The molecule has 0 aliphatic carbocycles. The molecule has 1 atom stereocenters. The lowest BCUT2D eigenvalue weighted by Gasteiger charge is -2.17. The van der Waals surface area contributed by atoms with Gasteiger partial charge >= 0.3 is 0 Å². The van der Waals surface area contributed by atoms with E-state index in [0.717, 1.165) is 12.7 Å². The van der Waals surface area contributed by atoms with Gasteiger partial charge in [-0.05, 0) is 27.3 Å². The fraction of sp³-hybridized carbons (Fsp3) is 0.800. The highest BCUT2D eigenvalue weighted by atomic mass is 32.2. The second-order valence-corrected chi connectivity index (χ2v) is 7.04. The molecule has 17 heavy (non-hydrogen) atoms. The number of hydrogen-bond acceptors (Lipinski definition) is 6. The molecule has 0 bridgehead atoms. The molecule has 0 saturated heterocycles. The molecular formula is C10H19N3O3S. The van der Waals surface area contributed by atoms with Crippen molar-refractivity contribution in [3.8, 4) is 0 Å². The van der Waals surface area contributed by atoms with Gasteiger partial charge in [-0.3, -0.25) is 0 Å². The van der Waals surface area contributed by atoms with Gasteiger partial charge in [0.2, 0.25) is 11.8 Å². The zero-order chi connectivity index (χ0) is 13.3. The third-order valence-electron chi connectivity index (χ3n) is 2.94. The standard InChI is InChI=1S/C10H19N3O3S/c1-6-7(11-4)8-12-13-9(16-8)10(2,3)17(5,14)15/h7,11H,6H2,1-5H3. The molecule has 0 radical (unpaired) electrons. The van der Waals surface area contributed by atoms with Crippen molar-refractivity contribution in [2.45, 2.75) is 38.0 Å². The van der Waals surface area contributed by atoms with Crippen LogP contribution in [0.1, 0.15) is 45.0 Å². The molecule has 0 spiro atoms. The normalized spacial score (nSPS) is 14.9. The first-order valence-corrected chi connectivity index (χ1v) is 7.34. The fourth-order valence-corrected chi connectivity index (χ4v) is 1.68. The zero-order valence-corrected chi connectivity index (χ0v) is 11.6. The number of rotatable bonds is 5. The summed E-state index contributed by atoms with van der Waals surface area (Å²) in [6.07, 6.45) is 1.95. The first-order chi connectivity index (χ1) is 7.74. The molecule has 0 aliphatic heterocycles. The van der Waals surface area contributed by atoms with Crippen LogP contribution in [0.4, 0.5) is 0 Å². The van der Waals surface area contributed by atoms with E-state index in [-0.39, 0.29) is 11.9 Å². The van der Waals surface area contributed by atoms with Crippen LogP contribution in [0, 0.1) is 0 Å². The van der Waals surface area contributed by atoms with E-state index in [0.29, 0.717) is 5.89 Å². The van der Waals surface area contributed by atoms with Crippen LogP contribution in [-0.2, 0) is 14.6 Å². The Labute approximate surface area is 102 Å². The van der Waals surface area contributed by atoms with Crippen LogP contribution < -0.4 is 5.32 Å². The van der Waals surface area contributed by atoms with Crippen LogP contribution in [-0.4, -0.2) is 31.9 Å². The van der Waals surface area contributed by atoms with Crippen LogP contribution in [0.5, 0.6) is 0 Å². The van der Waals surface area contributed by atoms with Gasteiger partial charge in [0.05, 0.1) is 6.04 Å². The van der Waals surface area contributed by atoms with E-state index in [4.69, 9.17) is 4.42 Å². The molecule has 7 heteroatoms. The van der Waals surface area contributed by atoms with Gasteiger partial charge in [0.15, 0.2) is 9.84 Å². The smallest absolute Gasteiger partial charge is 0.237 e. The molecule has 1 aromatic heterocycles. The fourth-order valence-electron chi connectivity index (χ4n) is 1.28. The third kappa shape index (κ3) is 2.66. The first-order valence-electron chi connectivity index (χ1n) is 5.44. The van der Waals surface area contributed by atoms with Gasteiger partial charge in [-0.25, -0.2) is 8.42 Å². The highest BCUT2D eigenvalue weighted by molar-refractivity contribution is 7.91. The van der Waals surface area contributed by atoms with Crippen LogP contribution in [0.15, 0.2) is 4.42 Å². The Kier molecular flexibility index (Phi) is 3.93. The van der Waals surface area contributed by atoms with E-state index in [1.165, 1.54) is 0 Å². The predicted octanol–water partition coefficient (Wildman–Crippen LogP) is 1.02. The SMILES string of the molecule is CCC(NC)c1nnc(C(C)(C)S(C)(=O)=O)o1. The number of aromatic nitrogens is 2. The van der Waals surface area contributed by atoms with Crippen molar-refractivity contribution >= 4 is 9.84 Å². The second-order valence-electron chi connectivity index (χ2n) is 4.48. The van der Waals surface area contributed by atoms with Crippen LogP contribution >= 0.6 is 0 Å². The molecule has 0 saturated carbocycles. The Bertz CT molecular complexity index is 475. The minimum Gasteiger partial charge on any atom is -0.422 e. The van der Waals surface area contributed by atoms with Crippen molar-refractivity contribution < 1.29 is 12.8 Å². The predicted molar refractivity (Wildman–Crippen MR) is 64.3 cm³/mol. The van der Waals surface area contributed by atoms with Crippen LogP contribution in [0.2, 0.25) is 0 Å². The van der Waals surface area contributed by atoms with E-state index >= 15 is 0 Å². The van der Waals surface area contributed by atoms with Gasteiger partial charge in [0.1, 0.15) is 4.75 Å².